The highest BCUT2D eigenvalue weighted by Gasteiger charge is 2.06. The van der Waals surface area contributed by atoms with Gasteiger partial charge < -0.3 is 0 Å². The van der Waals surface area contributed by atoms with E-state index in [0.29, 0.717) is 0 Å². The van der Waals surface area contributed by atoms with E-state index in [4.69, 9.17) is 0 Å². The second-order valence-electron chi connectivity index (χ2n) is 2.49. The Morgan fingerprint density at radius 2 is 2.08 bits per heavy atom. The van der Waals surface area contributed by atoms with Crippen LogP contribution in [0.1, 0.15) is 0 Å². The van der Waals surface area contributed by atoms with Crippen molar-refractivity contribution < 1.29 is 8.78 Å². The molecule has 1 heterocycles. The van der Waals surface area contributed by atoms with Crippen molar-refractivity contribution in [3.05, 3.63) is 40.4 Å². The molecule has 0 saturated heterocycles. The van der Waals surface area contributed by atoms with E-state index in [1.165, 1.54) is 12.1 Å². The Hall–Kier alpha value is -1.78. The Morgan fingerprint density at radius 3 is 2.85 bits per heavy atom. The van der Waals surface area contributed by atoms with E-state index in [9.17, 15) is 13.6 Å². The summed E-state index contributed by atoms with van der Waals surface area (Å²) in [5.41, 5.74) is -0.790. The average Bonchev–Trinajstić information content (AvgIpc) is 2.02. The van der Waals surface area contributed by atoms with Crippen molar-refractivity contribution in [1.29, 1.82) is 0 Å². The molecular weight excluding hydrogens is 178 g/mol. The van der Waals surface area contributed by atoms with E-state index in [2.05, 4.69) is 4.98 Å². The van der Waals surface area contributed by atoms with Crippen LogP contribution in [-0.4, -0.2) is 9.97 Å². The lowest BCUT2D eigenvalue weighted by Crippen LogP contribution is -2.11. The molecule has 0 saturated carbocycles. The SMILES string of the molecule is O=c1[nH]c(F)nc2cccc(F)c12. The lowest BCUT2D eigenvalue weighted by atomic mass is 10.2. The van der Waals surface area contributed by atoms with Crippen LogP contribution in [0.25, 0.3) is 10.9 Å². The fraction of sp³-hybridized carbons (Fsp3) is 0. The van der Waals surface area contributed by atoms with E-state index < -0.39 is 17.5 Å². The van der Waals surface area contributed by atoms with E-state index in [0.717, 1.165) is 6.07 Å². The predicted molar refractivity (Wildman–Crippen MR) is 42.3 cm³/mol. The van der Waals surface area contributed by atoms with Crippen LogP contribution in [-0.2, 0) is 0 Å². The number of hydrogen-bond acceptors (Lipinski definition) is 2. The number of nitrogens with one attached hydrogen (secondary N) is 1. The minimum Gasteiger partial charge on any atom is -0.282 e. The molecule has 1 aromatic carbocycles. The third kappa shape index (κ3) is 1.18. The molecule has 13 heavy (non-hydrogen) atoms. The normalized spacial score (nSPS) is 10.6. The van der Waals surface area contributed by atoms with Gasteiger partial charge in [-0.1, -0.05) is 6.07 Å². The molecule has 66 valence electrons. The Bertz CT molecular complexity index is 521. The second kappa shape index (κ2) is 2.62. The molecule has 0 amide bonds. The summed E-state index contributed by atoms with van der Waals surface area (Å²) in [6.07, 6.45) is -1.01. The van der Waals surface area contributed by atoms with Crippen molar-refractivity contribution in [2.45, 2.75) is 0 Å². The monoisotopic (exact) mass is 182 g/mol. The summed E-state index contributed by atoms with van der Waals surface area (Å²) >= 11 is 0. The first kappa shape index (κ1) is 7.85. The summed E-state index contributed by atoms with van der Waals surface area (Å²) < 4.78 is 25.5. The highest BCUT2D eigenvalue weighted by molar-refractivity contribution is 5.77. The molecule has 2 aromatic rings. The van der Waals surface area contributed by atoms with Gasteiger partial charge in [-0.05, 0) is 12.1 Å². The van der Waals surface area contributed by atoms with Gasteiger partial charge in [0.25, 0.3) is 11.6 Å². The van der Waals surface area contributed by atoms with Crippen LogP contribution in [0.3, 0.4) is 0 Å². The van der Waals surface area contributed by atoms with Crippen LogP contribution in [0.15, 0.2) is 23.0 Å². The van der Waals surface area contributed by atoms with Crippen LogP contribution in [0, 0.1) is 11.9 Å². The van der Waals surface area contributed by atoms with Crippen LogP contribution in [0.2, 0.25) is 0 Å². The fourth-order valence-corrected chi connectivity index (χ4v) is 1.12. The third-order valence-corrected chi connectivity index (χ3v) is 1.65. The molecular formula is C8H4F2N2O. The van der Waals surface area contributed by atoms with Crippen molar-refractivity contribution in [2.75, 3.05) is 0 Å². The van der Waals surface area contributed by atoms with Crippen LogP contribution in [0.5, 0.6) is 0 Å². The van der Waals surface area contributed by atoms with Gasteiger partial charge in [0.05, 0.1) is 5.52 Å². The topological polar surface area (TPSA) is 45.8 Å². The molecule has 5 heteroatoms. The second-order valence-corrected chi connectivity index (χ2v) is 2.49. The molecule has 0 fully saturated rings. The first-order chi connectivity index (χ1) is 6.18. The van der Waals surface area contributed by atoms with Crippen LogP contribution < -0.4 is 5.56 Å². The molecule has 1 aromatic heterocycles. The standard InChI is InChI=1S/C8H4F2N2O/c9-4-2-1-3-5-6(4)7(13)12-8(10)11-5/h1-3H,(H,11,12,13). The highest BCUT2D eigenvalue weighted by Crippen LogP contribution is 2.10. The van der Waals surface area contributed by atoms with Crippen molar-refractivity contribution >= 4 is 10.9 Å². The van der Waals surface area contributed by atoms with Gasteiger partial charge in [-0.3, -0.25) is 9.78 Å². The summed E-state index contributed by atoms with van der Waals surface area (Å²) in [5.74, 6) is -0.703. The van der Waals surface area contributed by atoms with Gasteiger partial charge in [-0.25, -0.2) is 9.37 Å². The third-order valence-electron chi connectivity index (χ3n) is 1.65. The Morgan fingerprint density at radius 1 is 1.31 bits per heavy atom. The van der Waals surface area contributed by atoms with Crippen LogP contribution >= 0.6 is 0 Å². The first-order valence-corrected chi connectivity index (χ1v) is 3.52. The van der Waals surface area contributed by atoms with Gasteiger partial charge in [0.2, 0.25) is 0 Å². The fourth-order valence-electron chi connectivity index (χ4n) is 1.12. The molecule has 0 atom stereocenters. The van der Waals surface area contributed by atoms with Gasteiger partial charge >= 0.3 is 0 Å². The average molecular weight is 182 g/mol. The molecule has 2 rings (SSSR count). The molecule has 0 spiro atoms. The largest absolute Gasteiger partial charge is 0.289 e. The zero-order chi connectivity index (χ0) is 9.42. The van der Waals surface area contributed by atoms with E-state index in [1.807, 2.05) is 0 Å². The highest BCUT2D eigenvalue weighted by atomic mass is 19.1. The van der Waals surface area contributed by atoms with Gasteiger partial charge in [0.1, 0.15) is 11.2 Å². The van der Waals surface area contributed by atoms with Crippen molar-refractivity contribution in [1.82, 2.24) is 9.97 Å². The van der Waals surface area contributed by atoms with Gasteiger partial charge in [-0.15, -0.1) is 0 Å². The number of aromatic amines is 1. The number of rotatable bonds is 0. The zero-order valence-corrected chi connectivity index (χ0v) is 6.34. The number of H-pyrrole nitrogens is 1. The van der Waals surface area contributed by atoms with E-state index in [-0.39, 0.29) is 10.9 Å². The Kier molecular flexibility index (Phi) is 1.58. The van der Waals surface area contributed by atoms with Crippen LogP contribution in [0.4, 0.5) is 8.78 Å². The summed E-state index contributed by atoms with van der Waals surface area (Å²) in [4.78, 5) is 16.2. The van der Waals surface area contributed by atoms with E-state index in [1.54, 1.807) is 4.98 Å². The van der Waals surface area contributed by atoms with Crippen molar-refractivity contribution in [3.63, 3.8) is 0 Å². The number of aromatic nitrogens is 2. The number of benzene rings is 1. The zero-order valence-electron chi connectivity index (χ0n) is 6.34. The summed E-state index contributed by atoms with van der Waals surface area (Å²) in [6, 6.07) is 3.86. The summed E-state index contributed by atoms with van der Waals surface area (Å²) in [5, 5.41) is -0.219. The minimum absolute atomic E-state index is 0.0150. The smallest absolute Gasteiger partial charge is 0.282 e. The molecule has 1 N–H and O–H groups in total. The lowest BCUT2D eigenvalue weighted by Gasteiger charge is -1.96. The van der Waals surface area contributed by atoms with Crippen molar-refractivity contribution in [2.24, 2.45) is 0 Å². The maximum atomic E-state index is 13.0. The molecule has 3 nitrogen and oxygen atoms in total. The predicted octanol–water partition coefficient (Wildman–Crippen LogP) is 1.20. The Balaban J connectivity index is 3.03. The maximum Gasteiger partial charge on any atom is 0.289 e. The van der Waals surface area contributed by atoms with Gasteiger partial charge in [0.15, 0.2) is 0 Å². The lowest BCUT2D eigenvalue weighted by molar-refractivity contribution is 0.539. The quantitative estimate of drug-likeness (QED) is 0.622. The molecule has 0 aliphatic heterocycles. The number of nitrogens with zero attached hydrogens (tertiary/aromatic N) is 1. The first-order valence-electron chi connectivity index (χ1n) is 3.52. The molecule has 0 aliphatic rings. The Labute approximate surface area is 71.0 Å². The summed E-state index contributed by atoms with van der Waals surface area (Å²) in [7, 11) is 0. The molecule has 0 unspecified atom stereocenters. The molecule has 0 radical (unpaired) electrons. The minimum atomic E-state index is -1.01. The number of hydrogen-bond donors (Lipinski definition) is 1. The van der Waals surface area contributed by atoms with Gasteiger partial charge in [0, 0.05) is 0 Å². The number of fused-ring (bicyclic) bond motifs is 1. The molecule has 0 bridgehead atoms. The van der Waals surface area contributed by atoms with Crippen molar-refractivity contribution in [3.8, 4) is 0 Å². The maximum absolute atomic E-state index is 13.0. The summed E-state index contributed by atoms with van der Waals surface area (Å²) in [6.45, 7) is 0. The molecule has 0 aliphatic carbocycles. The van der Waals surface area contributed by atoms with Gasteiger partial charge in [-0.2, -0.15) is 4.39 Å². The number of halogens is 2. The van der Waals surface area contributed by atoms with E-state index >= 15 is 0 Å².